The molecule has 1 N–H and O–H groups in total. The summed E-state index contributed by atoms with van der Waals surface area (Å²) in [5, 5.41) is 14.2. The molecule has 20 heavy (non-hydrogen) atoms. The molecule has 0 radical (unpaired) electrons. The van der Waals surface area contributed by atoms with Crippen molar-refractivity contribution in [1.82, 2.24) is 9.97 Å². The van der Waals surface area contributed by atoms with Gasteiger partial charge in [-0.1, -0.05) is 30.3 Å². The summed E-state index contributed by atoms with van der Waals surface area (Å²) in [6.45, 7) is 1.94. The highest BCUT2D eigenvalue weighted by molar-refractivity contribution is 7.11. The first-order valence-electron chi connectivity index (χ1n) is 6.32. The van der Waals surface area contributed by atoms with Gasteiger partial charge in [-0.15, -0.1) is 22.7 Å². The normalized spacial score (nSPS) is 12.5. The zero-order valence-electron chi connectivity index (χ0n) is 11.0. The first-order chi connectivity index (χ1) is 9.72. The molecule has 1 atom stereocenters. The van der Waals surface area contributed by atoms with Crippen molar-refractivity contribution < 1.29 is 5.11 Å². The van der Waals surface area contributed by atoms with E-state index in [2.05, 4.69) is 9.97 Å². The Morgan fingerprint density at radius 2 is 2.05 bits per heavy atom. The van der Waals surface area contributed by atoms with E-state index in [1.54, 1.807) is 17.5 Å². The second-order valence-corrected chi connectivity index (χ2v) is 6.70. The number of rotatable bonds is 4. The lowest BCUT2D eigenvalue weighted by atomic mass is 10.2. The van der Waals surface area contributed by atoms with Crippen LogP contribution in [0, 0.1) is 6.92 Å². The van der Waals surface area contributed by atoms with Crippen molar-refractivity contribution in [3.8, 4) is 11.3 Å². The van der Waals surface area contributed by atoms with E-state index in [4.69, 9.17) is 0 Å². The lowest BCUT2D eigenvalue weighted by Gasteiger charge is -2.04. The van der Waals surface area contributed by atoms with Gasteiger partial charge in [-0.3, -0.25) is 0 Å². The van der Waals surface area contributed by atoms with Gasteiger partial charge in [0.15, 0.2) is 0 Å². The van der Waals surface area contributed by atoms with Gasteiger partial charge in [0.1, 0.15) is 0 Å². The Morgan fingerprint density at radius 1 is 1.25 bits per heavy atom. The Balaban J connectivity index is 1.74. The summed E-state index contributed by atoms with van der Waals surface area (Å²) < 4.78 is 0. The minimum absolute atomic E-state index is 0.518. The molecule has 1 unspecified atom stereocenters. The molecule has 0 aliphatic heterocycles. The van der Waals surface area contributed by atoms with Gasteiger partial charge in [-0.05, 0) is 6.92 Å². The smallest absolute Gasteiger partial charge is 0.0962 e. The average Bonchev–Trinajstić information content (AvgIpc) is 3.09. The number of aromatic nitrogens is 2. The van der Waals surface area contributed by atoms with Crippen molar-refractivity contribution in [2.45, 2.75) is 19.4 Å². The van der Waals surface area contributed by atoms with Crippen molar-refractivity contribution in [3.05, 3.63) is 56.8 Å². The monoisotopic (exact) mass is 302 g/mol. The second-order valence-electron chi connectivity index (χ2n) is 4.49. The van der Waals surface area contributed by atoms with Crippen molar-refractivity contribution >= 4 is 22.7 Å². The summed E-state index contributed by atoms with van der Waals surface area (Å²) in [5.74, 6) is 0. The lowest BCUT2D eigenvalue weighted by molar-refractivity contribution is 0.182. The van der Waals surface area contributed by atoms with Crippen LogP contribution >= 0.6 is 22.7 Å². The topological polar surface area (TPSA) is 46.0 Å². The molecule has 2 heterocycles. The first kappa shape index (κ1) is 13.4. The van der Waals surface area contributed by atoms with Crippen LogP contribution in [-0.4, -0.2) is 15.1 Å². The number of aliphatic hydroxyl groups is 1. The molecule has 0 aliphatic carbocycles. The Hall–Kier alpha value is -1.56. The molecule has 1 aromatic carbocycles. The van der Waals surface area contributed by atoms with Gasteiger partial charge in [0.2, 0.25) is 0 Å². The van der Waals surface area contributed by atoms with Gasteiger partial charge >= 0.3 is 0 Å². The van der Waals surface area contributed by atoms with Crippen LogP contribution < -0.4 is 0 Å². The zero-order valence-corrected chi connectivity index (χ0v) is 12.6. The quantitative estimate of drug-likeness (QED) is 0.796. The molecule has 0 saturated carbocycles. The van der Waals surface area contributed by atoms with Crippen LogP contribution in [0.2, 0.25) is 0 Å². The second kappa shape index (κ2) is 5.83. The summed E-state index contributed by atoms with van der Waals surface area (Å²) in [5.41, 5.74) is 2.08. The Bertz CT molecular complexity index is 691. The van der Waals surface area contributed by atoms with Gasteiger partial charge in [0.25, 0.3) is 0 Å². The molecule has 102 valence electrons. The van der Waals surface area contributed by atoms with Crippen LogP contribution in [0.25, 0.3) is 11.3 Å². The fraction of sp³-hybridized carbons (Fsp3) is 0.200. The molecule has 3 rings (SSSR count). The van der Waals surface area contributed by atoms with Gasteiger partial charge in [-0.2, -0.15) is 0 Å². The van der Waals surface area contributed by atoms with Crippen LogP contribution in [0.3, 0.4) is 0 Å². The van der Waals surface area contributed by atoms with Gasteiger partial charge < -0.3 is 5.11 Å². The van der Waals surface area contributed by atoms with Gasteiger partial charge in [-0.25, -0.2) is 9.97 Å². The molecular formula is C15H14N2OS2. The molecular weight excluding hydrogens is 288 g/mol. The van der Waals surface area contributed by atoms with E-state index in [9.17, 15) is 5.11 Å². The molecule has 0 aliphatic rings. The zero-order chi connectivity index (χ0) is 13.9. The lowest BCUT2D eigenvalue weighted by Crippen LogP contribution is -1.99. The van der Waals surface area contributed by atoms with E-state index in [-0.39, 0.29) is 0 Å². The van der Waals surface area contributed by atoms with Crippen molar-refractivity contribution in [3.63, 3.8) is 0 Å². The molecule has 0 amide bonds. The van der Waals surface area contributed by atoms with Crippen molar-refractivity contribution in [1.29, 1.82) is 0 Å². The minimum atomic E-state index is -0.518. The molecule has 3 nitrogen and oxygen atoms in total. The predicted molar refractivity (Wildman–Crippen MR) is 83.1 cm³/mol. The Kier molecular flexibility index (Phi) is 3.91. The highest BCUT2D eigenvalue weighted by atomic mass is 32.1. The summed E-state index contributed by atoms with van der Waals surface area (Å²) >= 11 is 3.12. The predicted octanol–water partition coefficient (Wildman–Crippen LogP) is 3.85. The SMILES string of the molecule is Cc1ncc(C(O)Cc2nc(-c3ccccc3)cs2)s1. The number of hydrogen-bond acceptors (Lipinski definition) is 5. The molecule has 3 aromatic rings. The Morgan fingerprint density at radius 3 is 2.75 bits per heavy atom. The van der Waals surface area contributed by atoms with Crippen molar-refractivity contribution in [2.75, 3.05) is 0 Å². The molecule has 0 bridgehead atoms. The van der Waals surface area contributed by atoms with E-state index in [0.717, 1.165) is 26.1 Å². The number of aryl methyl sites for hydroxylation is 1. The number of nitrogens with zero attached hydrogens (tertiary/aromatic N) is 2. The standard InChI is InChI=1S/C15H14N2OS2/c1-10-16-8-14(20-10)13(18)7-15-17-12(9-19-15)11-5-3-2-4-6-11/h2-6,8-9,13,18H,7H2,1H3. The van der Waals surface area contributed by atoms with Crippen LogP contribution in [0.15, 0.2) is 41.9 Å². The summed E-state index contributed by atoms with van der Waals surface area (Å²) in [7, 11) is 0. The molecule has 0 fully saturated rings. The van der Waals surface area contributed by atoms with Crippen LogP contribution in [0.4, 0.5) is 0 Å². The number of hydrogen-bond donors (Lipinski definition) is 1. The average molecular weight is 302 g/mol. The first-order valence-corrected chi connectivity index (χ1v) is 8.02. The summed E-state index contributed by atoms with van der Waals surface area (Å²) in [6, 6.07) is 10.1. The van der Waals surface area contributed by atoms with E-state index in [1.807, 2.05) is 42.6 Å². The molecule has 5 heteroatoms. The van der Waals surface area contributed by atoms with E-state index >= 15 is 0 Å². The fourth-order valence-corrected chi connectivity index (χ4v) is 3.56. The third-order valence-electron chi connectivity index (χ3n) is 2.96. The highest BCUT2D eigenvalue weighted by Gasteiger charge is 2.14. The van der Waals surface area contributed by atoms with E-state index in [1.165, 1.54) is 11.3 Å². The van der Waals surface area contributed by atoms with Crippen LogP contribution in [-0.2, 0) is 6.42 Å². The largest absolute Gasteiger partial charge is 0.387 e. The Labute approximate surface area is 125 Å². The van der Waals surface area contributed by atoms with Crippen LogP contribution in [0.1, 0.15) is 21.0 Å². The molecule has 0 spiro atoms. The van der Waals surface area contributed by atoms with Crippen LogP contribution in [0.5, 0.6) is 0 Å². The maximum atomic E-state index is 10.2. The minimum Gasteiger partial charge on any atom is -0.387 e. The van der Waals surface area contributed by atoms with Gasteiger partial charge in [0, 0.05) is 23.6 Å². The number of aliphatic hydroxyl groups excluding tert-OH is 1. The fourth-order valence-electron chi connectivity index (χ4n) is 1.94. The number of thiazole rings is 2. The maximum absolute atomic E-state index is 10.2. The maximum Gasteiger partial charge on any atom is 0.0962 e. The van der Waals surface area contributed by atoms with Crippen molar-refractivity contribution in [2.24, 2.45) is 0 Å². The highest BCUT2D eigenvalue weighted by Crippen LogP contribution is 2.27. The van der Waals surface area contributed by atoms with E-state index in [0.29, 0.717) is 6.42 Å². The van der Waals surface area contributed by atoms with E-state index < -0.39 is 6.10 Å². The summed E-state index contributed by atoms with van der Waals surface area (Å²) in [6.07, 6.45) is 1.77. The third kappa shape index (κ3) is 2.95. The number of benzene rings is 1. The van der Waals surface area contributed by atoms with Gasteiger partial charge in [0.05, 0.1) is 26.7 Å². The molecule has 0 saturated heterocycles. The third-order valence-corrected chi connectivity index (χ3v) is 4.84. The summed E-state index contributed by atoms with van der Waals surface area (Å²) in [4.78, 5) is 9.67. The molecule has 2 aromatic heterocycles.